The quantitative estimate of drug-likeness (QED) is 0.777. The van der Waals surface area contributed by atoms with Gasteiger partial charge >= 0.3 is 5.97 Å². The number of anilines is 1. The first kappa shape index (κ1) is 13.4. The second-order valence-corrected chi connectivity index (χ2v) is 3.28. The van der Waals surface area contributed by atoms with Gasteiger partial charge in [-0.15, -0.1) is 0 Å². The molecule has 4 N–H and O–H groups in total. The van der Waals surface area contributed by atoms with Crippen LogP contribution in [-0.4, -0.2) is 11.1 Å². The Morgan fingerprint density at radius 3 is 2.28 bits per heavy atom. The third-order valence-electron chi connectivity index (χ3n) is 1.92. The number of nitrogens with one attached hydrogen (secondary N) is 1. The van der Waals surface area contributed by atoms with Crippen LogP contribution in [0, 0.1) is 5.82 Å². The number of hydrogen-bond donors (Lipinski definition) is 2. The smallest absolute Gasteiger partial charge is 0.335 e. The minimum Gasteiger partial charge on any atom is -0.872 e. The number of hydrogen-bond acceptors (Lipinski definition) is 3. The van der Waals surface area contributed by atoms with Gasteiger partial charge in [0.25, 0.3) is 0 Å². The molecule has 1 heterocycles. The van der Waals surface area contributed by atoms with E-state index in [4.69, 9.17) is 10.8 Å². The zero-order chi connectivity index (χ0) is 13.5. The predicted octanol–water partition coefficient (Wildman–Crippen LogP) is 0.680. The molecule has 0 radical (unpaired) electrons. The van der Waals surface area contributed by atoms with Crippen molar-refractivity contribution in [3.8, 4) is 5.75 Å². The lowest BCUT2D eigenvalue weighted by molar-refractivity contribution is -0.377. The Hall–Kier alpha value is -2.63. The van der Waals surface area contributed by atoms with Gasteiger partial charge < -0.3 is 15.9 Å². The van der Waals surface area contributed by atoms with Crippen LogP contribution in [0.5, 0.6) is 5.75 Å². The average Bonchev–Trinajstić information content (AvgIpc) is 2.34. The van der Waals surface area contributed by atoms with Crippen molar-refractivity contribution in [3.63, 3.8) is 0 Å². The van der Waals surface area contributed by atoms with Crippen LogP contribution in [-0.2, 0) is 0 Å². The molecule has 0 saturated heterocycles. The molecule has 0 bridgehead atoms. The highest BCUT2D eigenvalue weighted by molar-refractivity contribution is 5.90. The zero-order valence-electron chi connectivity index (χ0n) is 9.26. The highest BCUT2D eigenvalue weighted by Crippen LogP contribution is 2.14. The molecule has 0 atom stereocenters. The van der Waals surface area contributed by atoms with Crippen molar-refractivity contribution in [2.45, 2.75) is 0 Å². The fourth-order valence-corrected chi connectivity index (χ4v) is 1.07. The Morgan fingerprint density at radius 1 is 1.28 bits per heavy atom. The first-order valence-corrected chi connectivity index (χ1v) is 4.92. The zero-order valence-corrected chi connectivity index (χ0v) is 9.26. The summed E-state index contributed by atoms with van der Waals surface area (Å²) in [6, 6.07) is 6.12. The van der Waals surface area contributed by atoms with Gasteiger partial charge in [-0.1, -0.05) is 11.8 Å². The molecule has 0 amide bonds. The summed E-state index contributed by atoms with van der Waals surface area (Å²) in [6.07, 6.45) is 3.57. The van der Waals surface area contributed by atoms with Crippen molar-refractivity contribution in [1.29, 1.82) is 0 Å². The Labute approximate surface area is 102 Å². The van der Waals surface area contributed by atoms with E-state index in [1.165, 1.54) is 0 Å². The summed E-state index contributed by atoms with van der Waals surface area (Å²) in [4.78, 5) is 13.1. The topological polar surface area (TPSA) is 101 Å². The molecule has 1 aromatic heterocycles. The molecule has 0 spiro atoms. The molecular formula is C12H11FN2O3. The average molecular weight is 250 g/mol. The van der Waals surface area contributed by atoms with E-state index in [9.17, 15) is 14.3 Å². The molecular weight excluding hydrogens is 239 g/mol. The summed E-state index contributed by atoms with van der Waals surface area (Å²) in [6.45, 7) is 0. The molecule has 94 valence electrons. The number of nitrogens with two attached hydrogens (primary N) is 1. The third kappa shape index (κ3) is 4.09. The highest BCUT2D eigenvalue weighted by Gasteiger charge is 2.03. The Kier molecular flexibility index (Phi) is 4.62. The number of aromatic amines is 1. The van der Waals surface area contributed by atoms with Gasteiger partial charge in [-0.2, -0.15) is 0 Å². The van der Waals surface area contributed by atoms with Gasteiger partial charge in [0.05, 0.1) is 5.56 Å². The molecule has 0 saturated carbocycles. The largest absolute Gasteiger partial charge is 0.872 e. The van der Waals surface area contributed by atoms with Crippen molar-refractivity contribution in [2.75, 3.05) is 5.73 Å². The normalized spacial score (nSPS) is 9.17. The third-order valence-corrected chi connectivity index (χ3v) is 1.92. The van der Waals surface area contributed by atoms with Crippen molar-refractivity contribution < 1.29 is 24.4 Å². The Bertz CT molecular complexity index is 532. The number of carbonyl (C=O) groups is 1. The number of pyridine rings is 1. The second-order valence-electron chi connectivity index (χ2n) is 3.28. The molecule has 6 heteroatoms. The number of carboxylic acid groups (broad SMARTS) is 1. The minimum atomic E-state index is -1.41. The van der Waals surface area contributed by atoms with Crippen LogP contribution in [0.15, 0.2) is 42.7 Å². The maximum Gasteiger partial charge on any atom is 0.335 e. The Morgan fingerprint density at radius 2 is 1.89 bits per heavy atom. The van der Waals surface area contributed by atoms with Crippen LogP contribution in [0.2, 0.25) is 0 Å². The number of aromatic carboxylic acids is 1. The van der Waals surface area contributed by atoms with E-state index in [2.05, 4.69) is 4.98 Å². The van der Waals surface area contributed by atoms with Crippen molar-refractivity contribution in [2.24, 2.45) is 0 Å². The number of aromatic nitrogens is 1. The lowest BCUT2D eigenvalue weighted by atomic mass is 10.2. The molecule has 0 fully saturated rings. The molecule has 2 aromatic rings. The molecule has 18 heavy (non-hydrogen) atoms. The van der Waals surface area contributed by atoms with E-state index in [1.54, 1.807) is 24.5 Å². The lowest BCUT2D eigenvalue weighted by Gasteiger charge is -2.07. The van der Waals surface area contributed by atoms with E-state index in [0.717, 1.165) is 17.8 Å². The summed E-state index contributed by atoms with van der Waals surface area (Å²) >= 11 is 0. The second kappa shape index (κ2) is 6.19. The molecule has 0 aliphatic rings. The SMILES string of the molecule is Nc1cc[nH+]cc1.O=C(O)c1cc(F)ccc1[O-]. The van der Waals surface area contributed by atoms with Crippen molar-refractivity contribution in [3.05, 3.63) is 54.1 Å². The maximum absolute atomic E-state index is 12.3. The van der Waals surface area contributed by atoms with Gasteiger partial charge in [-0.3, -0.25) is 0 Å². The number of H-pyrrole nitrogens is 1. The minimum absolute atomic E-state index is 0.537. The van der Waals surface area contributed by atoms with Crippen LogP contribution < -0.4 is 15.8 Å². The fraction of sp³-hybridized carbons (Fsp3) is 0. The van der Waals surface area contributed by atoms with Gasteiger partial charge in [0.15, 0.2) is 12.4 Å². The predicted molar refractivity (Wildman–Crippen MR) is 60.2 cm³/mol. The number of nitrogen functional groups attached to an aromatic ring is 1. The van der Waals surface area contributed by atoms with E-state index in [0.29, 0.717) is 6.07 Å². The van der Waals surface area contributed by atoms with Crippen LogP contribution >= 0.6 is 0 Å². The van der Waals surface area contributed by atoms with E-state index in [1.807, 2.05) is 0 Å². The van der Waals surface area contributed by atoms with Crippen LogP contribution in [0.3, 0.4) is 0 Å². The van der Waals surface area contributed by atoms with Crippen LogP contribution in [0.4, 0.5) is 10.1 Å². The van der Waals surface area contributed by atoms with Gasteiger partial charge in [0.2, 0.25) is 0 Å². The van der Waals surface area contributed by atoms with Crippen molar-refractivity contribution >= 4 is 11.7 Å². The summed E-state index contributed by atoms with van der Waals surface area (Å²) in [5, 5.41) is 19.0. The molecule has 2 rings (SSSR count). The summed E-state index contributed by atoms with van der Waals surface area (Å²) < 4.78 is 12.3. The number of carboxylic acids is 1. The van der Waals surface area contributed by atoms with Gasteiger partial charge in [-0.25, -0.2) is 14.2 Å². The van der Waals surface area contributed by atoms with Gasteiger partial charge in [-0.05, 0) is 12.1 Å². The number of benzene rings is 1. The molecule has 0 aliphatic heterocycles. The highest BCUT2D eigenvalue weighted by atomic mass is 19.1. The first-order valence-electron chi connectivity index (χ1n) is 4.92. The lowest BCUT2D eigenvalue weighted by Crippen LogP contribution is -2.03. The fourth-order valence-electron chi connectivity index (χ4n) is 1.07. The van der Waals surface area contributed by atoms with Crippen molar-refractivity contribution in [1.82, 2.24) is 0 Å². The monoisotopic (exact) mass is 250 g/mol. The van der Waals surface area contributed by atoms with Crippen LogP contribution in [0.25, 0.3) is 0 Å². The summed E-state index contributed by atoms with van der Waals surface area (Å²) in [7, 11) is 0. The Balaban J connectivity index is 0.000000199. The molecule has 5 nitrogen and oxygen atoms in total. The van der Waals surface area contributed by atoms with E-state index < -0.39 is 23.1 Å². The summed E-state index contributed by atoms with van der Waals surface area (Å²) in [5.41, 5.74) is 5.59. The first-order chi connectivity index (χ1) is 8.50. The number of rotatable bonds is 1. The van der Waals surface area contributed by atoms with Crippen LogP contribution in [0.1, 0.15) is 10.4 Å². The van der Waals surface area contributed by atoms with Gasteiger partial charge in [0.1, 0.15) is 5.82 Å². The van der Waals surface area contributed by atoms with Gasteiger partial charge in [0, 0.05) is 17.8 Å². The molecule has 1 aromatic carbocycles. The van der Waals surface area contributed by atoms with E-state index in [-0.39, 0.29) is 0 Å². The maximum atomic E-state index is 12.3. The van der Waals surface area contributed by atoms with E-state index >= 15 is 0 Å². The summed E-state index contributed by atoms with van der Waals surface area (Å²) in [5.74, 6) is -2.81. The number of halogens is 1. The molecule has 0 unspecified atom stereocenters. The molecule has 0 aliphatic carbocycles. The standard InChI is InChI=1S/C7H5FO3.C5H6N2/c8-4-1-2-6(9)5(3-4)7(10)11;6-5-1-3-7-4-2-5/h1-3,9H,(H,10,11);1-4H,(H2,6,7).